The van der Waals surface area contributed by atoms with Crippen LogP contribution in [0.3, 0.4) is 0 Å². The molecular formula is C13H22N2O3S2. The molecule has 0 aliphatic rings. The lowest BCUT2D eigenvalue weighted by Gasteiger charge is -2.21. The van der Waals surface area contributed by atoms with Crippen LogP contribution in [-0.2, 0) is 10.0 Å². The monoisotopic (exact) mass is 318 g/mol. The number of rotatable bonds is 8. The topological polar surface area (TPSA) is 92.4 Å². The molecule has 0 fully saturated rings. The fourth-order valence-corrected chi connectivity index (χ4v) is 3.90. The Hall–Kier alpha value is -0.760. The van der Waals surface area contributed by atoms with Gasteiger partial charge in [-0.15, -0.1) is 11.8 Å². The normalized spacial score (nSPS) is 12.6. The van der Waals surface area contributed by atoms with Crippen LogP contribution in [-0.4, -0.2) is 38.2 Å². The van der Waals surface area contributed by atoms with Gasteiger partial charge in [-0.2, -0.15) is 0 Å². The van der Waals surface area contributed by atoms with Gasteiger partial charge in [0, 0.05) is 34.9 Å². The highest BCUT2D eigenvalue weighted by Crippen LogP contribution is 2.20. The van der Waals surface area contributed by atoms with Gasteiger partial charge in [0.05, 0.1) is 5.75 Å². The van der Waals surface area contributed by atoms with E-state index < -0.39 is 15.4 Å². The molecule has 114 valence electrons. The molecule has 0 radical (unpaired) electrons. The summed E-state index contributed by atoms with van der Waals surface area (Å²) in [5, 5.41) is 9.09. The van der Waals surface area contributed by atoms with E-state index in [4.69, 9.17) is 10.8 Å². The number of thioether (sulfide) groups is 1. The largest absolute Gasteiger partial charge is 0.399 e. The predicted molar refractivity (Wildman–Crippen MR) is 84.2 cm³/mol. The van der Waals surface area contributed by atoms with Gasteiger partial charge in [0.25, 0.3) is 0 Å². The Morgan fingerprint density at radius 3 is 2.70 bits per heavy atom. The van der Waals surface area contributed by atoms with E-state index in [0.29, 0.717) is 11.4 Å². The molecule has 0 saturated carbocycles. The Bertz CT molecular complexity index is 530. The first-order valence-electron chi connectivity index (χ1n) is 6.31. The van der Waals surface area contributed by atoms with Crippen molar-refractivity contribution in [2.45, 2.75) is 18.7 Å². The second-order valence-corrected chi connectivity index (χ2v) is 8.48. The number of hydrogen-bond donors (Lipinski definition) is 3. The molecule has 0 bridgehead atoms. The molecule has 0 aliphatic heterocycles. The third-order valence-electron chi connectivity index (χ3n) is 2.68. The summed E-state index contributed by atoms with van der Waals surface area (Å²) in [5.74, 6) is 0.492. The molecule has 7 heteroatoms. The molecule has 5 nitrogen and oxygen atoms in total. The molecule has 0 amide bonds. The van der Waals surface area contributed by atoms with Crippen LogP contribution in [0.15, 0.2) is 29.2 Å². The van der Waals surface area contributed by atoms with Crippen molar-refractivity contribution in [1.82, 2.24) is 4.72 Å². The second kappa shape index (κ2) is 7.31. The van der Waals surface area contributed by atoms with Gasteiger partial charge >= 0.3 is 0 Å². The standard InChI is InChI=1S/C13H22N2O3S2/c1-13(2,10-16)9-15-20(17,18)7-6-19-12-5-3-4-11(14)8-12/h3-5,8,15-16H,6-7,9-10,14H2,1-2H3. The molecule has 1 rings (SSSR count). The molecule has 0 aliphatic carbocycles. The van der Waals surface area contributed by atoms with Crippen molar-refractivity contribution < 1.29 is 13.5 Å². The Labute approximate surface area is 125 Å². The van der Waals surface area contributed by atoms with Crippen molar-refractivity contribution in [3.8, 4) is 0 Å². The molecule has 0 heterocycles. The summed E-state index contributed by atoms with van der Waals surface area (Å²) in [6.07, 6.45) is 0. The lowest BCUT2D eigenvalue weighted by atomic mass is 9.96. The van der Waals surface area contributed by atoms with Gasteiger partial charge in [0.1, 0.15) is 0 Å². The molecule has 0 unspecified atom stereocenters. The molecule has 1 aromatic carbocycles. The van der Waals surface area contributed by atoms with E-state index in [-0.39, 0.29) is 18.9 Å². The predicted octanol–water partition coefficient (Wildman–Crippen LogP) is 1.30. The van der Waals surface area contributed by atoms with E-state index in [1.54, 1.807) is 19.9 Å². The Morgan fingerprint density at radius 2 is 2.10 bits per heavy atom. The van der Waals surface area contributed by atoms with Crippen LogP contribution in [0, 0.1) is 5.41 Å². The van der Waals surface area contributed by atoms with Gasteiger partial charge in [0.2, 0.25) is 10.0 Å². The van der Waals surface area contributed by atoms with E-state index >= 15 is 0 Å². The average molecular weight is 318 g/mol. The third-order valence-corrected chi connectivity index (χ3v) is 5.26. The number of nitrogen functional groups attached to an aromatic ring is 1. The molecule has 0 aromatic heterocycles. The zero-order chi connectivity index (χ0) is 15.2. The molecule has 0 atom stereocenters. The van der Waals surface area contributed by atoms with Gasteiger partial charge in [0.15, 0.2) is 0 Å². The van der Waals surface area contributed by atoms with Crippen molar-refractivity contribution in [2.75, 3.05) is 30.4 Å². The highest BCUT2D eigenvalue weighted by Gasteiger charge is 2.20. The van der Waals surface area contributed by atoms with E-state index in [1.807, 2.05) is 18.2 Å². The number of aliphatic hydroxyl groups excluding tert-OH is 1. The summed E-state index contributed by atoms with van der Waals surface area (Å²) in [7, 11) is -3.32. The van der Waals surface area contributed by atoms with Crippen LogP contribution in [0.25, 0.3) is 0 Å². The maximum Gasteiger partial charge on any atom is 0.212 e. The summed E-state index contributed by atoms with van der Waals surface area (Å²) >= 11 is 1.45. The van der Waals surface area contributed by atoms with Crippen LogP contribution in [0.1, 0.15) is 13.8 Å². The molecule has 4 N–H and O–H groups in total. The maximum atomic E-state index is 11.8. The average Bonchev–Trinajstić information content (AvgIpc) is 2.37. The van der Waals surface area contributed by atoms with Crippen molar-refractivity contribution in [2.24, 2.45) is 5.41 Å². The zero-order valence-electron chi connectivity index (χ0n) is 11.8. The lowest BCUT2D eigenvalue weighted by Crippen LogP contribution is -2.37. The van der Waals surface area contributed by atoms with Crippen LogP contribution in [0.2, 0.25) is 0 Å². The second-order valence-electron chi connectivity index (χ2n) is 5.38. The van der Waals surface area contributed by atoms with Crippen molar-refractivity contribution >= 4 is 27.5 Å². The quantitative estimate of drug-likeness (QED) is 0.496. The van der Waals surface area contributed by atoms with E-state index in [2.05, 4.69) is 4.72 Å². The number of hydrogen-bond acceptors (Lipinski definition) is 5. The highest BCUT2D eigenvalue weighted by atomic mass is 32.2. The first-order valence-corrected chi connectivity index (χ1v) is 8.94. The summed E-state index contributed by atoms with van der Waals surface area (Å²) in [5.41, 5.74) is 5.88. The van der Waals surface area contributed by atoms with Crippen LogP contribution < -0.4 is 10.5 Å². The van der Waals surface area contributed by atoms with E-state index in [9.17, 15) is 8.42 Å². The van der Waals surface area contributed by atoms with E-state index in [0.717, 1.165) is 4.90 Å². The number of aliphatic hydroxyl groups is 1. The Kier molecular flexibility index (Phi) is 6.32. The first kappa shape index (κ1) is 17.3. The van der Waals surface area contributed by atoms with Crippen LogP contribution in [0.4, 0.5) is 5.69 Å². The maximum absolute atomic E-state index is 11.8. The van der Waals surface area contributed by atoms with Gasteiger partial charge in [-0.25, -0.2) is 13.1 Å². The van der Waals surface area contributed by atoms with Crippen LogP contribution in [0.5, 0.6) is 0 Å². The number of sulfonamides is 1. The van der Waals surface area contributed by atoms with E-state index in [1.165, 1.54) is 11.8 Å². The lowest BCUT2D eigenvalue weighted by molar-refractivity contribution is 0.163. The minimum absolute atomic E-state index is 0.0357. The highest BCUT2D eigenvalue weighted by molar-refractivity contribution is 8.00. The third kappa shape index (κ3) is 6.60. The molecule has 1 aromatic rings. The fourth-order valence-electron chi connectivity index (χ4n) is 1.31. The summed E-state index contributed by atoms with van der Waals surface area (Å²) in [6.45, 7) is 3.77. The SMILES string of the molecule is CC(C)(CO)CNS(=O)(=O)CCSc1cccc(N)c1. The number of nitrogens with one attached hydrogen (secondary N) is 1. The molecule has 0 saturated heterocycles. The summed E-state index contributed by atoms with van der Waals surface area (Å²) < 4.78 is 26.2. The summed E-state index contributed by atoms with van der Waals surface area (Å²) in [4.78, 5) is 0.955. The first-order chi connectivity index (χ1) is 9.24. The molecule has 20 heavy (non-hydrogen) atoms. The molecular weight excluding hydrogens is 296 g/mol. The zero-order valence-corrected chi connectivity index (χ0v) is 13.4. The molecule has 0 spiro atoms. The number of benzene rings is 1. The van der Waals surface area contributed by atoms with Crippen LogP contribution >= 0.6 is 11.8 Å². The van der Waals surface area contributed by atoms with Gasteiger partial charge in [-0.05, 0) is 18.2 Å². The fraction of sp³-hybridized carbons (Fsp3) is 0.538. The van der Waals surface area contributed by atoms with Gasteiger partial charge in [-0.3, -0.25) is 0 Å². The summed E-state index contributed by atoms with van der Waals surface area (Å²) in [6, 6.07) is 7.35. The number of nitrogens with two attached hydrogens (primary N) is 1. The van der Waals surface area contributed by atoms with Gasteiger partial charge < -0.3 is 10.8 Å². The minimum Gasteiger partial charge on any atom is -0.399 e. The van der Waals surface area contributed by atoms with Crippen molar-refractivity contribution in [3.05, 3.63) is 24.3 Å². The Balaban J connectivity index is 2.40. The van der Waals surface area contributed by atoms with Crippen molar-refractivity contribution in [1.29, 1.82) is 0 Å². The Morgan fingerprint density at radius 1 is 1.40 bits per heavy atom. The smallest absolute Gasteiger partial charge is 0.212 e. The van der Waals surface area contributed by atoms with Gasteiger partial charge in [-0.1, -0.05) is 19.9 Å². The number of anilines is 1. The minimum atomic E-state index is -3.32. The van der Waals surface area contributed by atoms with Crippen molar-refractivity contribution in [3.63, 3.8) is 0 Å².